The normalized spacial score (nSPS) is 15.5. The zero-order valence-corrected chi connectivity index (χ0v) is 25.5. The van der Waals surface area contributed by atoms with Gasteiger partial charge in [-0.25, -0.2) is 9.97 Å². The number of nitrogens with zero attached hydrogens (tertiary/aromatic N) is 5. The number of anilines is 3. The number of piperidine rings is 1. The van der Waals surface area contributed by atoms with Gasteiger partial charge < -0.3 is 20.1 Å². The molecule has 12 heteroatoms. The van der Waals surface area contributed by atoms with Crippen LogP contribution in [0, 0.1) is 13.8 Å². The third-order valence-corrected chi connectivity index (χ3v) is 8.13. The predicted octanol–water partition coefficient (Wildman–Crippen LogP) is 7.63. The number of benzene rings is 2. The molecule has 1 unspecified atom stereocenters. The minimum absolute atomic E-state index is 0.0128. The van der Waals surface area contributed by atoms with Crippen LogP contribution in [0.5, 0.6) is 0 Å². The van der Waals surface area contributed by atoms with E-state index in [0.717, 1.165) is 47.7 Å². The van der Waals surface area contributed by atoms with Gasteiger partial charge in [0.2, 0.25) is 5.95 Å². The van der Waals surface area contributed by atoms with Crippen molar-refractivity contribution >= 4 is 23.2 Å². The average Bonchev–Trinajstić information content (AvgIpc) is 3.48. The van der Waals surface area contributed by atoms with E-state index in [1.165, 1.54) is 6.07 Å². The Hall–Kier alpha value is -5.10. The van der Waals surface area contributed by atoms with Crippen LogP contribution in [0.4, 0.5) is 30.5 Å². The fourth-order valence-corrected chi connectivity index (χ4v) is 5.69. The number of carbonyl (C=O) groups excluding carboxylic acids is 1. The lowest BCUT2D eigenvalue weighted by atomic mass is 9.88. The van der Waals surface area contributed by atoms with Crippen LogP contribution in [0.3, 0.4) is 0 Å². The second-order valence-electron chi connectivity index (χ2n) is 11.6. The Balaban J connectivity index is 1.22. The van der Waals surface area contributed by atoms with E-state index in [1.54, 1.807) is 55.1 Å². The van der Waals surface area contributed by atoms with E-state index in [2.05, 4.69) is 35.6 Å². The third-order valence-electron chi connectivity index (χ3n) is 8.13. The second-order valence-corrected chi connectivity index (χ2v) is 11.6. The van der Waals surface area contributed by atoms with E-state index in [-0.39, 0.29) is 11.9 Å². The van der Waals surface area contributed by atoms with Crippen molar-refractivity contribution in [3.05, 3.63) is 101 Å². The van der Waals surface area contributed by atoms with E-state index < -0.39 is 23.2 Å². The van der Waals surface area contributed by atoms with Crippen LogP contribution in [0.1, 0.15) is 51.4 Å². The van der Waals surface area contributed by atoms with Crippen LogP contribution in [0.15, 0.2) is 77.8 Å². The van der Waals surface area contributed by atoms with Crippen molar-refractivity contribution in [1.29, 1.82) is 0 Å². The minimum atomic E-state index is -4.69. The standard InChI is InChI=1S/C34H32F3N7O2/c1-20-6-8-26(41-32(45)27-9-7-22(14-28(27)34(35,36)37)23-5-4-12-44(3)19-23)15-30(20)43-33-39-11-10-29(42-33)24-13-25(18-38-17-24)31-21(2)16-40-46-31/h6-11,13-18,23H,4-5,12,19H2,1-3H3,(H,41,45)(H,39,42,43). The molecule has 1 aliphatic rings. The number of hydrogen-bond acceptors (Lipinski definition) is 8. The number of pyridine rings is 1. The molecule has 2 N–H and O–H groups in total. The number of carbonyl (C=O) groups is 1. The Morgan fingerprint density at radius 2 is 1.83 bits per heavy atom. The molecule has 3 aromatic heterocycles. The lowest BCUT2D eigenvalue weighted by molar-refractivity contribution is -0.138. The number of halogens is 3. The molecule has 1 fully saturated rings. The smallest absolute Gasteiger partial charge is 0.356 e. The van der Waals surface area contributed by atoms with Crippen molar-refractivity contribution in [3.8, 4) is 22.6 Å². The SMILES string of the molecule is Cc1ccc(NC(=O)c2ccc(C3CCCN(C)C3)cc2C(F)(F)F)cc1Nc1nccc(-c2cncc(-c3oncc3C)c2)n1. The average molecular weight is 628 g/mol. The van der Waals surface area contributed by atoms with Crippen molar-refractivity contribution in [3.63, 3.8) is 0 Å². The molecular weight excluding hydrogens is 595 g/mol. The Morgan fingerprint density at radius 3 is 2.59 bits per heavy atom. The Morgan fingerprint density at radius 1 is 1.00 bits per heavy atom. The van der Waals surface area contributed by atoms with Crippen LogP contribution < -0.4 is 10.6 Å². The van der Waals surface area contributed by atoms with E-state index in [9.17, 15) is 18.0 Å². The molecule has 2 aromatic carbocycles. The molecule has 1 aliphatic heterocycles. The number of aryl methyl sites for hydroxylation is 2. The first kappa shape index (κ1) is 30.9. The van der Waals surface area contributed by atoms with Gasteiger partial charge in [-0.2, -0.15) is 13.2 Å². The van der Waals surface area contributed by atoms with Gasteiger partial charge in [0.25, 0.3) is 5.91 Å². The van der Waals surface area contributed by atoms with Crippen molar-refractivity contribution in [2.24, 2.45) is 0 Å². The molecular formula is C34H32F3N7O2. The van der Waals surface area contributed by atoms with Gasteiger partial charge in [0.15, 0.2) is 5.76 Å². The van der Waals surface area contributed by atoms with E-state index in [4.69, 9.17) is 4.52 Å². The van der Waals surface area contributed by atoms with Gasteiger partial charge in [-0.15, -0.1) is 0 Å². The maximum atomic E-state index is 14.2. The molecule has 1 amide bonds. The highest BCUT2D eigenvalue weighted by molar-refractivity contribution is 6.05. The number of hydrogen-bond donors (Lipinski definition) is 2. The molecule has 0 aliphatic carbocycles. The van der Waals surface area contributed by atoms with Gasteiger partial charge in [-0.3, -0.25) is 9.78 Å². The van der Waals surface area contributed by atoms with Gasteiger partial charge in [-0.1, -0.05) is 17.3 Å². The van der Waals surface area contributed by atoms with Crippen LogP contribution in [-0.2, 0) is 6.18 Å². The Kier molecular flexibility index (Phi) is 8.55. The number of likely N-dealkylation sites (N-methyl/N-ethyl adjacent to an activating group) is 1. The topological polar surface area (TPSA) is 109 Å². The molecule has 9 nitrogen and oxygen atoms in total. The molecule has 0 bridgehead atoms. The summed E-state index contributed by atoms with van der Waals surface area (Å²) in [6, 6.07) is 12.7. The number of amides is 1. The lowest BCUT2D eigenvalue weighted by Crippen LogP contribution is -2.31. The van der Waals surface area contributed by atoms with Crippen LogP contribution in [-0.4, -0.2) is 51.1 Å². The Bertz CT molecular complexity index is 1890. The second kappa shape index (κ2) is 12.7. The summed E-state index contributed by atoms with van der Waals surface area (Å²) in [5, 5.41) is 9.64. The summed E-state index contributed by atoms with van der Waals surface area (Å²) in [6.07, 6.45) is 3.64. The highest BCUT2D eigenvalue weighted by atomic mass is 19.4. The molecule has 6 rings (SSSR count). The van der Waals surface area contributed by atoms with Crippen molar-refractivity contribution < 1.29 is 22.5 Å². The van der Waals surface area contributed by atoms with E-state index >= 15 is 0 Å². The quantitative estimate of drug-likeness (QED) is 0.190. The van der Waals surface area contributed by atoms with Crippen LogP contribution >= 0.6 is 0 Å². The largest absolute Gasteiger partial charge is 0.417 e. The predicted molar refractivity (Wildman–Crippen MR) is 169 cm³/mol. The number of nitrogens with one attached hydrogen (secondary N) is 2. The fraction of sp³-hybridized carbons (Fsp3) is 0.265. The molecule has 0 saturated carbocycles. The van der Waals surface area contributed by atoms with Crippen molar-refractivity contribution in [2.75, 3.05) is 30.8 Å². The van der Waals surface area contributed by atoms with Gasteiger partial charge in [0, 0.05) is 53.2 Å². The molecule has 0 spiro atoms. The molecule has 0 radical (unpaired) electrons. The summed E-state index contributed by atoms with van der Waals surface area (Å²) in [4.78, 5) is 28.6. The third kappa shape index (κ3) is 6.76. The summed E-state index contributed by atoms with van der Waals surface area (Å²) in [6.45, 7) is 5.35. The van der Waals surface area contributed by atoms with Crippen molar-refractivity contribution in [1.82, 2.24) is 25.0 Å². The molecule has 5 aromatic rings. The minimum Gasteiger partial charge on any atom is -0.356 e. The lowest BCUT2D eigenvalue weighted by Gasteiger charge is -2.30. The Labute approximate surface area is 263 Å². The number of alkyl halides is 3. The maximum Gasteiger partial charge on any atom is 0.417 e. The summed E-state index contributed by atoms with van der Waals surface area (Å²) in [5.74, 6) is 0.0448. The number of aromatic nitrogens is 4. The van der Waals surface area contributed by atoms with Crippen LogP contribution in [0.2, 0.25) is 0 Å². The van der Waals surface area contributed by atoms with Crippen molar-refractivity contribution in [2.45, 2.75) is 38.8 Å². The fourth-order valence-electron chi connectivity index (χ4n) is 5.69. The summed E-state index contributed by atoms with van der Waals surface area (Å²) >= 11 is 0. The first-order chi connectivity index (χ1) is 22.0. The van der Waals surface area contributed by atoms with E-state index in [1.807, 2.05) is 27.0 Å². The molecule has 236 valence electrons. The summed E-state index contributed by atoms with van der Waals surface area (Å²) < 4.78 is 47.9. The van der Waals surface area contributed by atoms with Gasteiger partial charge >= 0.3 is 6.18 Å². The maximum absolute atomic E-state index is 14.2. The first-order valence-corrected chi connectivity index (χ1v) is 14.8. The zero-order valence-electron chi connectivity index (χ0n) is 25.5. The number of likely N-dealkylation sites (tertiary alicyclic amines) is 1. The zero-order chi connectivity index (χ0) is 32.4. The highest BCUT2D eigenvalue weighted by Crippen LogP contribution is 2.36. The number of rotatable bonds is 7. The van der Waals surface area contributed by atoms with Gasteiger partial charge in [0.05, 0.1) is 23.0 Å². The highest BCUT2D eigenvalue weighted by Gasteiger charge is 2.36. The monoisotopic (exact) mass is 627 g/mol. The van der Waals surface area contributed by atoms with E-state index in [0.29, 0.717) is 34.9 Å². The molecule has 46 heavy (non-hydrogen) atoms. The molecule has 1 saturated heterocycles. The molecule has 4 heterocycles. The first-order valence-electron chi connectivity index (χ1n) is 14.8. The van der Waals surface area contributed by atoms with Gasteiger partial charge in [0.1, 0.15) is 0 Å². The van der Waals surface area contributed by atoms with Crippen LogP contribution in [0.25, 0.3) is 22.6 Å². The molecule has 1 atom stereocenters. The van der Waals surface area contributed by atoms with Gasteiger partial charge in [-0.05, 0) is 93.7 Å². The summed E-state index contributed by atoms with van der Waals surface area (Å²) in [5.41, 5.74) is 3.91. The summed E-state index contributed by atoms with van der Waals surface area (Å²) in [7, 11) is 1.96.